The molecule has 1 heterocycles. The highest BCUT2D eigenvalue weighted by Crippen LogP contribution is 2.31. The van der Waals surface area contributed by atoms with Crippen LogP contribution in [0.3, 0.4) is 0 Å². The number of piperidine rings is 1. The van der Waals surface area contributed by atoms with Crippen molar-refractivity contribution in [1.29, 1.82) is 0 Å². The molecule has 0 spiro atoms. The van der Waals surface area contributed by atoms with Crippen LogP contribution in [0.25, 0.3) is 0 Å². The molecule has 30 heavy (non-hydrogen) atoms. The van der Waals surface area contributed by atoms with E-state index >= 15 is 0 Å². The van der Waals surface area contributed by atoms with Crippen LogP contribution in [-0.4, -0.2) is 42.4 Å². The highest BCUT2D eigenvalue weighted by molar-refractivity contribution is 5.30. The van der Waals surface area contributed by atoms with Gasteiger partial charge < -0.3 is 20.1 Å². The molecule has 164 valence electrons. The molecule has 1 fully saturated rings. The maximum absolute atomic E-state index is 13.0. The van der Waals surface area contributed by atoms with Crippen LogP contribution in [0, 0.1) is 0 Å². The van der Waals surface area contributed by atoms with Crippen molar-refractivity contribution >= 4 is 0 Å². The number of halogens is 3. The topological polar surface area (TPSA) is 44.7 Å². The second kappa shape index (κ2) is 10.8. The molecule has 7 heteroatoms. The molecular weight excluding hydrogens is 393 g/mol. The Balaban J connectivity index is 1.41. The summed E-state index contributed by atoms with van der Waals surface area (Å²) >= 11 is 0. The standard InChI is InChI=1S/C23H29F3N2O2/c24-23(25,26)22-7-3-2-6-19(22)15-27-14-18-8-10-21(11-9-18)30-17-20(29)16-28-12-4-1-5-13-28/h2-3,6-11,20,27,29H,1,4-5,12-17H2/t20-/m1/s1. The third kappa shape index (κ3) is 7.00. The van der Waals surface area contributed by atoms with Crippen LogP contribution in [0.2, 0.25) is 0 Å². The average Bonchev–Trinajstić information content (AvgIpc) is 2.73. The van der Waals surface area contributed by atoms with Gasteiger partial charge in [-0.15, -0.1) is 0 Å². The second-order valence-corrected chi connectivity index (χ2v) is 7.73. The number of hydrogen-bond acceptors (Lipinski definition) is 4. The minimum absolute atomic E-state index is 0.136. The van der Waals surface area contributed by atoms with Crippen molar-refractivity contribution in [1.82, 2.24) is 10.2 Å². The van der Waals surface area contributed by atoms with Crippen LogP contribution in [0.5, 0.6) is 5.75 Å². The molecule has 0 amide bonds. The number of nitrogens with one attached hydrogen (secondary N) is 1. The molecule has 3 rings (SSSR count). The number of hydrogen-bond donors (Lipinski definition) is 2. The quantitative estimate of drug-likeness (QED) is 0.635. The van der Waals surface area contributed by atoms with Gasteiger partial charge in [0.2, 0.25) is 0 Å². The predicted molar refractivity (Wildman–Crippen MR) is 110 cm³/mol. The first-order valence-corrected chi connectivity index (χ1v) is 10.4. The number of rotatable bonds is 9. The predicted octanol–water partition coefficient (Wildman–Crippen LogP) is 4.22. The Labute approximate surface area is 175 Å². The van der Waals surface area contributed by atoms with E-state index in [1.165, 1.54) is 31.4 Å². The first-order valence-electron chi connectivity index (χ1n) is 10.4. The lowest BCUT2D eigenvalue weighted by atomic mass is 10.1. The summed E-state index contributed by atoms with van der Waals surface area (Å²) in [4.78, 5) is 2.27. The Bertz CT molecular complexity index is 775. The van der Waals surface area contributed by atoms with Crippen molar-refractivity contribution in [2.75, 3.05) is 26.2 Å². The summed E-state index contributed by atoms with van der Waals surface area (Å²) in [5.41, 5.74) is 0.567. The van der Waals surface area contributed by atoms with Crippen molar-refractivity contribution in [3.8, 4) is 5.75 Å². The first-order chi connectivity index (χ1) is 14.4. The molecule has 1 atom stereocenters. The zero-order valence-corrected chi connectivity index (χ0v) is 17.0. The lowest BCUT2D eigenvalue weighted by molar-refractivity contribution is -0.138. The summed E-state index contributed by atoms with van der Waals surface area (Å²) in [7, 11) is 0. The average molecular weight is 422 g/mol. The number of aliphatic hydroxyl groups is 1. The van der Waals surface area contributed by atoms with Gasteiger partial charge in [-0.3, -0.25) is 0 Å². The van der Waals surface area contributed by atoms with Crippen LogP contribution < -0.4 is 10.1 Å². The van der Waals surface area contributed by atoms with Gasteiger partial charge in [-0.2, -0.15) is 13.2 Å². The number of aliphatic hydroxyl groups excluding tert-OH is 1. The fourth-order valence-electron chi connectivity index (χ4n) is 3.68. The number of likely N-dealkylation sites (tertiary alicyclic amines) is 1. The lowest BCUT2D eigenvalue weighted by Crippen LogP contribution is -2.38. The fraction of sp³-hybridized carbons (Fsp3) is 0.478. The molecule has 0 unspecified atom stereocenters. The van der Waals surface area contributed by atoms with Gasteiger partial charge in [0.25, 0.3) is 0 Å². The third-order valence-electron chi connectivity index (χ3n) is 5.25. The summed E-state index contributed by atoms with van der Waals surface area (Å²) in [6, 6.07) is 13.0. The van der Waals surface area contributed by atoms with Crippen LogP contribution in [0.4, 0.5) is 13.2 Å². The molecule has 0 aromatic heterocycles. The number of ether oxygens (including phenoxy) is 1. The van der Waals surface area contributed by atoms with Crippen LogP contribution in [0.15, 0.2) is 48.5 Å². The highest BCUT2D eigenvalue weighted by atomic mass is 19.4. The van der Waals surface area contributed by atoms with E-state index < -0.39 is 17.8 Å². The molecule has 0 bridgehead atoms. The zero-order valence-electron chi connectivity index (χ0n) is 17.0. The summed E-state index contributed by atoms with van der Waals surface area (Å²) in [5, 5.41) is 13.2. The van der Waals surface area contributed by atoms with Gasteiger partial charge in [0.1, 0.15) is 18.5 Å². The normalized spacial score (nSPS) is 16.4. The van der Waals surface area contributed by atoms with E-state index in [0.29, 0.717) is 18.8 Å². The van der Waals surface area contributed by atoms with Gasteiger partial charge in [-0.05, 0) is 55.3 Å². The van der Waals surface area contributed by atoms with Crippen molar-refractivity contribution in [3.63, 3.8) is 0 Å². The minimum atomic E-state index is -4.35. The second-order valence-electron chi connectivity index (χ2n) is 7.73. The van der Waals surface area contributed by atoms with Crippen molar-refractivity contribution in [2.24, 2.45) is 0 Å². The monoisotopic (exact) mass is 422 g/mol. The molecule has 1 aliphatic heterocycles. The largest absolute Gasteiger partial charge is 0.491 e. The summed E-state index contributed by atoms with van der Waals surface area (Å²) in [5.74, 6) is 0.666. The summed E-state index contributed by atoms with van der Waals surface area (Å²) in [6.07, 6.45) is -1.25. The Morgan fingerprint density at radius 1 is 0.967 bits per heavy atom. The number of nitrogens with zero attached hydrogens (tertiary/aromatic N) is 1. The lowest BCUT2D eigenvalue weighted by Gasteiger charge is -2.28. The van der Waals surface area contributed by atoms with Gasteiger partial charge in [-0.1, -0.05) is 36.8 Å². The van der Waals surface area contributed by atoms with E-state index in [1.54, 1.807) is 6.07 Å². The maximum atomic E-state index is 13.0. The van der Waals surface area contributed by atoms with E-state index in [4.69, 9.17) is 4.74 Å². The number of alkyl halides is 3. The van der Waals surface area contributed by atoms with E-state index in [0.717, 1.165) is 24.7 Å². The molecule has 0 aliphatic carbocycles. The molecular formula is C23H29F3N2O2. The van der Waals surface area contributed by atoms with Crippen molar-refractivity contribution in [2.45, 2.75) is 44.6 Å². The van der Waals surface area contributed by atoms with Gasteiger partial charge >= 0.3 is 6.18 Å². The summed E-state index contributed by atoms with van der Waals surface area (Å²) < 4.78 is 44.8. The van der Waals surface area contributed by atoms with Gasteiger partial charge in [0.15, 0.2) is 0 Å². The molecule has 0 radical (unpaired) electrons. The van der Waals surface area contributed by atoms with Gasteiger partial charge in [0, 0.05) is 19.6 Å². The van der Waals surface area contributed by atoms with Crippen molar-refractivity contribution in [3.05, 3.63) is 65.2 Å². The molecule has 2 aromatic carbocycles. The highest BCUT2D eigenvalue weighted by Gasteiger charge is 2.32. The van der Waals surface area contributed by atoms with Gasteiger partial charge in [0.05, 0.1) is 5.56 Å². The van der Waals surface area contributed by atoms with E-state index in [1.807, 2.05) is 24.3 Å². The molecule has 1 saturated heterocycles. The molecule has 1 aliphatic rings. The van der Waals surface area contributed by atoms with Gasteiger partial charge in [-0.25, -0.2) is 0 Å². The van der Waals surface area contributed by atoms with Crippen LogP contribution >= 0.6 is 0 Å². The fourth-order valence-corrected chi connectivity index (χ4v) is 3.68. The van der Waals surface area contributed by atoms with E-state index in [9.17, 15) is 18.3 Å². The molecule has 2 N–H and O–H groups in total. The SMILES string of the molecule is O[C@@H](COc1ccc(CNCc2ccccc2C(F)(F)F)cc1)CN1CCCCC1. The smallest absolute Gasteiger partial charge is 0.416 e. The molecule has 4 nitrogen and oxygen atoms in total. The van der Waals surface area contributed by atoms with Crippen LogP contribution in [0.1, 0.15) is 36.0 Å². The maximum Gasteiger partial charge on any atom is 0.416 e. The zero-order chi connectivity index (χ0) is 21.4. The molecule has 0 saturated carbocycles. The number of benzene rings is 2. The Morgan fingerprint density at radius 3 is 2.37 bits per heavy atom. The first kappa shape index (κ1) is 22.6. The molecule has 2 aromatic rings. The Hall–Kier alpha value is -2.09. The summed E-state index contributed by atoms with van der Waals surface area (Å²) in [6.45, 7) is 3.52. The minimum Gasteiger partial charge on any atom is -0.491 e. The Morgan fingerprint density at radius 2 is 1.67 bits per heavy atom. The van der Waals surface area contributed by atoms with Crippen LogP contribution in [-0.2, 0) is 19.3 Å². The Kier molecular flexibility index (Phi) is 8.13. The van der Waals surface area contributed by atoms with Crippen molar-refractivity contribution < 1.29 is 23.0 Å². The number of β-amino-alcohol motifs (C(OH)–C–C–N with tert-alkyl or cyclic N) is 1. The third-order valence-corrected chi connectivity index (χ3v) is 5.25. The van der Waals surface area contributed by atoms with E-state index in [2.05, 4.69) is 10.2 Å². The van der Waals surface area contributed by atoms with E-state index in [-0.39, 0.29) is 18.7 Å².